The topological polar surface area (TPSA) is 69.2 Å². The van der Waals surface area contributed by atoms with E-state index in [1.165, 1.54) is 6.07 Å². The van der Waals surface area contributed by atoms with Crippen molar-refractivity contribution in [3.05, 3.63) is 39.8 Å². The first-order valence-corrected chi connectivity index (χ1v) is 4.09. The third-order valence-electron chi connectivity index (χ3n) is 1.38. The minimum atomic E-state index is -0.427. The van der Waals surface area contributed by atoms with Crippen LogP contribution < -0.4 is 5.73 Å². The number of nitrogens with two attached hydrogens (primary N) is 1. The number of nitro groups is 1. The molecule has 0 fully saturated rings. The zero-order valence-corrected chi connectivity index (χ0v) is 7.08. The predicted octanol–water partition coefficient (Wildman–Crippen LogP) is 1.84. The Morgan fingerprint density at radius 3 is 2.83 bits per heavy atom. The van der Waals surface area contributed by atoms with Crippen LogP contribution in [0.3, 0.4) is 0 Å². The molecule has 12 heavy (non-hydrogen) atoms. The van der Waals surface area contributed by atoms with E-state index in [0.717, 1.165) is 16.2 Å². The van der Waals surface area contributed by atoms with Gasteiger partial charge in [-0.1, -0.05) is 17.4 Å². The van der Waals surface area contributed by atoms with E-state index >= 15 is 0 Å². The van der Waals surface area contributed by atoms with Crippen molar-refractivity contribution in [2.75, 3.05) is 0 Å². The van der Waals surface area contributed by atoms with E-state index in [1.807, 2.05) is 0 Å². The van der Waals surface area contributed by atoms with E-state index in [1.54, 1.807) is 12.1 Å². The number of hydrogen-bond donors (Lipinski definition) is 1. The molecule has 1 aromatic heterocycles. The maximum absolute atomic E-state index is 10.3. The first kappa shape index (κ1) is 8.89. The number of rotatable bonds is 3. The highest BCUT2D eigenvalue weighted by Gasteiger charge is 2.12. The summed E-state index contributed by atoms with van der Waals surface area (Å²) in [6, 6.07) is 2.79. The van der Waals surface area contributed by atoms with E-state index < -0.39 is 4.92 Å². The molecule has 0 aliphatic carbocycles. The number of thiophene rings is 1. The fourth-order valence-corrected chi connectivity index (χ4v) is 1.56. The van der Waals surface area contributed by atoms with Crippen LogP contribution in [0.2, 0.25) is 0 Å². The van der Waals surface area contributed by atoms with Crippen molar-refractivity contribution < 1.29 is 4.92 Å². The molecule has 0 radical (unpaired) electrons. The monoisotopic (exact) mass is 184 g/mol. The molecule has 2 N–H and O–H groups in total. The molecule has 0 spiro atoms. The smallest absolute Gasteiger partial charge is 0.320 e. The van der Waals surface area contributed by atoms with Gasteiger partial charge in [0.1, 0.15) is 0 Å². The summed E-state index contributed by atoms with van der Waals surface area (Å²) in [5, 5.41) is 10.4. The summed E-state index contributed by atoms with van der Waals surface area (Å²) in [6.07, 6.45) is 1.55. The third-order valence-corrected chi connectivity index (χ3v) is 2.51. The second-order valence-electron chi connectivity index (χ2n) is 2.19. The molecule has 0 amide bonds. The van der Waals surface area contributed by atoms with Crippen LogP contribution >= 0.6 is 11.3 Å². The Morgan fingerprint density at radius 1 is 1.75 bits per heavy atom. The van der Waals surface area contributed by atoms with Gasteiger partial charge in [-0.3, -0.25) is 10.1 Å². The lowest BCUT2D eigenvalue weighted by Gasteiger charge is -1.98. The predicted molar refractivity (Wildman–Crippen MR) is 48.1 cm³/mol. The van der Waals surface area contributed by atoms with Gasteiger partial charge in [0, 0.05) is 10.9 Å². The molecule has 0 saturated heterocycles. The maximum atomic E-state index is 10.3. The quantitative estimate of drug-likeness (QED) is 0.442. The van der Waals surface area contributed by atoms with Crippen LogP contribution in [0.5, 0.6) is 0 Å². The fourth-order valence-electron chi connectivity index (χ4n) is 0.736. The summed E-state index contributed by atoms with van der Waals surface area (Å²) in [6.45, 7) is 3.50. The highest BCUT2D eigenvalue weighted by Crippen LogP contribution is 2.27. The lowest BCUT2D eigenvalue weighted by atomic mass is 10.2. The van der Waals surface area contributed by atoms with E-state index in [4.69, 9.17) is 5.73 Å². The van der Waals surface area contributed by atoms with Crippen molar-refractivity contribution in [2.24, 2.45) is 5.73 Å². The van der Waals surface area contributed by atoms with Crippen LogP contribution in [-0.2, 0) is 0 Å². The molecule has 1 heterocycles. The van der Waals surface area contributed by atoms with Gasteiger partial charge in [-0.05, 0) is 6.07 Å². The summed E-state index contributed by atoms with van der Waals surface area (Å²) in [5.74, 6) is 0. The molecular weight excluding hydrogens is 176 g/mol. The Kier molecular flexibility index (Phi) is 2.57. The molecule has 64 valence electrons. The van der Waals surface area contributed by atoms with Crippen LogP contribution in [0.4, 0.5) is 5.00 Å². The highest BCUT2D eigenvalue weighted by molar-refractivity contribution is 7.15. The summed E-state index contributed by atoms with van der Waals surface area (Å²) in [4.78, 5) is 10.6. The summed E-state index contributed by atoms with van der Waals surface area (Å²) in [5.41, 5.74) is 5.58. The average molecular weight is 184 g/mol. The van der Waals surface area contributed by atoms with Crippen LogP contribution in [0.1, 0.15) is 10.9 Å². The van der Waals surface area contributed by atoms with Crippen molar-refractivity contribution in [3.63, 3.8) is 0 Å². The molecule has 1 rings (SSSR count). The Morgan fingerprint density at radius 2 is 2.42 bits per heavy atom. The molecule has 0 aliphatic rings. The minimum Gasteiger partial charge on any atom is -0.320 e. The van der Waals surface area contributed by atoms with Crippen molar-refractivity contribution in [1.82, 2.24) is 0 Å². The number of nitrogens with zero attached hydrogens (tertiary/aromatic N) is 1. The zero-order valence-electron chi connectivity index (χ0n) is 6.27. The third kappa shape index (κ3) is 1.69. The summed E-state index contributed by atoms with van der Waals surface area (Å²) < 4.78 is 0. The molecular formula is C7H8N2O2S. The first-order valence-electron chi connectivity index (χ1n) is 3.27. The molecule has 5 heteroatoms. The van der Waals surface area contributed by atoms with E-state index in [0.29, 0.717) is 0 Å². The van der Waals surface area contributed by atoms with Gasteiger partial charge in [0.25, 0.3) is 0 Å². The van der Waals surface area contributed by atoms with Gasteiger partial charge in [0.15, 0.2) is 0 Å². The summed E-state index contributed by atoms with van der Waals surface area (Å²) in [7, 11) is 0. The molecule has 0 bridgehead atoms. The van der Waals surface area contributed by atoms with Crippen molar-refractivity contribution in [2.45, 2.75) is 6.04 Å². The van der Waals surface area contributed by atoms with Gasteiger partial charge in [0.2, 0.25) is 0 Å². The van der Waals surface area contributed by atoms with Crippen LogP contribution in [0.15, 0.2) is 24.8 Å². The Bertz CT molecular complexity index is 308. The molecule has 0 saturated carbocycles. The first-order chi connectivity index (χ1) is 5.65. The molecule has 1 atom stereocenters. The molecule has 4 nitrogen and oxygen atoms in total. The van der Waals surface area contributed by atoms with E-state index in [2.05, 4.69) is 6.58 Å². The Balaban J connectivity index is 2.91. The largest absolute Gasteiger partial charge is 0.324 e. The second kappa shape index (κ2) is 3.46. The van der Waals surface area contributed by atoms with Gasteiger partial charge < -0.3 is 5.73 Å². The van der Waals surface area contributed by atoms with Gasteiger partial charge in [-0.2, -0.15) is 0 Å². The standard InChI is InChI=1S/C7H8N2O2S/c1-2-5(8)6-3-4-7(12-6)9(10)11/h2-5H,1,8H2/t5-/m0/s1. The normalized spacial score (nSPS) is 12.4. The van der Waals surface area contributed by atoms with Crippen molar-refractivity contribution in [1.29, 1.82) is 0 Å². The minimum absolute atomic E-state index is 0.113. The molecule has 0 unspecified atom stereocenters. The Labute approximate surface area is 73.5 Å². The van der Waals surface area contributed by atoms with E-state index in [-0.39, 0.29) is 11.0 Å². The molecule has 1 aromatic rings. The highest BCUT2D eigenvalue weighted by atomic mass is 32.1. The van der Waals surface area contributed by atoms with Crippen LogP contribution in [0.25, 0.3) is 0 Å². The fraction of sp³-hybridized carbons (Fsp3) is 0.143. The SMILES string of the molecule is C=C[C@H](N)c1ccc([N+](=O)[O-])s1. The lowest BCUT2D eigenvalue weighted by Crippen LogP contribution is -2.03. The average Bonchev–Trinajstić information content (AvgIpc) is 2.51. The Hall–Kier alpha value is -1.20. The van der Waals surface area contributed by atoms with E-state index in [9.17, 15) is 10.1 Å². The van der Waals surface area contributed by atoms with Gasteiger partial charge in [-0.25, -0.2) is 0 Å². The van der Waals surface area contributed by atoms with Crippen LogP contribution in [0, 0.1) is 10.1 Å². The van der Waals surface area contributed by atoms with Crippen molar-refractivity contribution in [3.8, 4) is 0 Å². The van der Waals surface area contributed by atoms with Gasteiger partial charge in [0.05, 0.1) is 11.0 Å². The van der Waals surface area contributed by atoms with Gasteiger partial charge >= 0.3 is 5.00 Å². The molecule has 0 aliphatic heterocycles. The molecule has 0 aromatic carbocycles. The lowest BCUT2D eigenvalue weighted by molar-refractivity contribution is -0.380. The van der Waals surface area contributed by atoms with Gasteiger partial charge in [-0.15, -0.1) is 6.58 Å². The zero-order chi connectivity index (χ0) is 9.14. The maximum Gasteiger partial charge on any atom is 0.324 e. The summed E-state index contributed by atoms with van der Waals surface area (Å²) >= 11 is 1.08. The second-order valence-corrected chi connectivity index (χ2v) is 3.29. The van der Waals surface area contributed by atoms with Crippen molar-refractivity contribution >= 4 is 16.3 Å². The van der Waals surface area contributed by atoms with Crippen LogP contribution in [-0.4, -0.2) is 4.92 Å². The number of hydrogen-bond acceptors (Lipinski definition) is 4.